The van der Waals surface area contributed by atoms with Crippen LogP contribution in [0.3, 0.4) is 0 Å². The Morgan fingerprint density at radius 3 is 2.52 bits per heavy atom. The Labute approximate surface area is 176 Å². The fraction of sp³-hybridized carbons (Fsp3) is 0.167. The number of carbonyl (C=O) groups excluding carboxylic acids is 1. The van der Waals surface area contributed by atoms with Crippen LogP contribution < -0.4 is 10.1 Å². The van der Waals surface area contributed by atoms with Crippen molar-refractivity contribution in [1.82, 2.24) is 0 Å². The number of nitrogens with one attached hydrogen (secondary N) is 1. The number of nitrogens with zero attached hydrogens (tertiary/aromatic N) is 1. The number of rotatable bonds is 8. The molecule has 3 aromatic rings. The van der Waals surface area contributed by atoms with Crippen molar-refractivity contribution in [2.45, 2.75) is 26.4 Å². The molecule has 0 saturated carbocycles. The minimum Gasteiger partial charge on any atom is -0.488 e. The van der Waals surface area contributed by atoms with Crippen molar-refractivity contribution in [3.63, 3.8) is 0 Å². The van der Waals surface area contributed by atoms with Gasteiger partial charge in [-0.1, -0.05) is 48.9 Å². The number of para-hydroxylation sites is 1. The number of hydrogen-bond donors (Lipinski definition) is 1. The van der Waals surface area contributed by atoms with Crippen LogP contribution in [0.1, 0.15) is 30.9 Å². The molecule has 3 rings (SSSR count). The molecule has 0 aromatic heterocycles. The van der Waals surface area contributed by atoms with Crippen molar-refractivity contribution in [2.24, 2.45) is 4.99 Å². The van der Waals surface area contributed by atoms with Crippen LogP contribution in [0.5, 0.6) is 5.75 Å². The van der Waals surface area contributed by atoms with Gasteiger partial charge in [0.25, 0.3) is 0 Å². The Hall–Kier alpha value is -3.11. The fourth-order valence-corrected chi connectivity index (χ4v) is 2.91. The van der Waals surface area contributed by atoms with Gasteiger partial charge >= 0.3 is 0 Å². The zero-order valence-corrected chi connectivity index (χ0v) is 17.0. The maximum absolute atomic E-state index is 11.7. The monoisotopic (exact) mass is 406 g/mol. The quantitative estimate of drug-likeness (QED) is 0.439. The standard InChI is InChI=1S/C24H23ClN2O2/c1-2-7-24(28)27-21-14-12-20(13-15-21)26-16-18-8-4-6-11-23(18)29-17-19-9-3-5-10-22(19)25/h3-6,8-16H,2,7,17H2,1H3,(H,27,28). The molecule has 0 radical (unpaired) electrons. The van der Waals surface area contributed by atoms with Crippen LogP contribution in [0.2, 0.25) is 5.02 Å². The number of anilines is 1. The lowest BCUT2D eigenvalue weighted by molar-refractivity contribution is -0.116. The summed E-state index contributed by atoms with van der Waals surface area (Å²) in [5.41, 5.74) is 3.37. The van der Waals surface area contributed by atoms with Crippen LogP contribution in [0.4, 0.5) is 11.4 Å². The molecule has 4 nitrogen and oxygen atoms in total. The molecule has 5 heteroatoms. The van der Waals surface area contributed by atoms with E-state index in [0.29, 0.717) is 18.1 Å². The summed E-state index contributed by atoms with van der Waals surface area (Å²) in [6.45, 7) is 2.37. The lowest BCUT2D eigenvalue weighted by Gasteiger charge is -2.10. The third-order valence-corrected chi connectivity index (χ3v) is 4.61. The summed E-state index contributed by atoms with van der Waals surface area (Å²) >= 11 is 6.20. The predicted molar refractivity (Wildman–Crippen MR) is 119 cm³/mol. The molecule has 1 amide bonds. The fourth-order valence-electron chi connectivity index (χ4n) is 2.72. The number of benzene rings is 3. The smallest absolute Gasteiger partial charge is 0.224 e. The number of carbonyl (C=O) groups is 1. The van der Waals surface area contributed by atoms with Crippen LogP contribution >= 0.6 is 11.6 Å². The second kappa shape index (κ2) is 10.4. The van der Waals surface area contributed by atoms with Gasteiger partial charge in [0.15, 0.2) is 0 Å². The highest BCUT2D eigenvalue weighted by Crippen LogP contribution is 2.22. The van der Waals surface area contributed by atoms with Crippen molar-refractivity contribution in [3.8, 4) is 5.75 Å². The summed E-state index contributed by atoms with van der Waals surface area (Å²) in [6, 6.07) is 22.8. The summed E-state index contributed by atoms with van der Waals surface area (Å²) in [4.78, 5) is 16.2. The van der Waals surface area contributed by atoms with Gasteiger partial charge in [-0.25, -0.2) is 0 Å². The average Bonchev–Trinajstić information content (AvgIpc) is 2.73. The first-order valence-corrected chi connectivity index (χ1v) is 9.92. The van der Waals surface area contributed by atoms with Crippen molar-refractivity contribution in [1.29, 1.82) is 0 Å². The molecule has 0 aliphatic rings. The first-order valence-electron chi connectivity index (χ1n) is 9.55. The third kappa shape index (κ3) is 6.19. The van der Waals surface area contributed by atoms with E-state index in [9.17, 15) is 4.79 Å². The second-order valence-electron chi connectivity index (χ2n) is 6.52. The Kier molecular flexibility index (Phi) is 7.42. The highest BCUT2D eigenvalue weighted by atomic mass is 35.5. The molecule has 0 fully saturated rings. The summed E-state index contributed by atoms with van der Waals surface area (Å²) < 4.78 is 5.96. The summed E-state index contributed by atoms with van der Waals surface area (Å²) in [5.74, 6) is 0.757. The van der Waals surface area contributed by atoms with Gasteiger partial charge in [0, 0.05) is 34.5 Å². The molecule has 0 aliphatic heterocycles. The summed E-state index contributed by atoms with van der Waals surface area (Å²) in [5, 5.41) is 3.55. The average molecular weight is 407 g/mol. The summed E-state index contributed by atoms with van der Waals surface area (Å²) in [7, 11) is 0. The molecule has 0 spiro atoms. The number of halogens is 1. The van der Waals surface area contributed by atoms with E-state index in [1.807, 2.05) is 79.7 Å². The van der Waals surface area contributed by atoms with E-state index >= 15 is 0 Å². The van der Waals surface area contributed by atoms with E-state index in [2.05, 4.69) is 10.3 Å². The Bertz CT molecular complexity index is 984. The number of amides is 1. The molecular formula is C24H23ClN2O2. The molecule has 1 N–H and O–H groups in total. The number of ether oxygens (including phenoxy) is 1. The molecule has 0 saturated heterocycles. The molecule has 0 aliphatic carbocycles. The summed E-state index contributed by atoms with van der Waals surface area (Å²) in [6.07, 6.45) is 3.11. The second-order valence-corrected chi connectivity index (χ2v) is 6.93. The van der Waals surface area contributed by atoms with Crippen molar-refractivity contribution in [2.75, 3.05) is 5.32 Å². The number of aliphatic imine (C=N–C) groups is 1. The molecule has 0 bridgehead atoms. The van der Waals surface area contributed by atoms with Gasteiger partial charge in [-0.05, 0) is 48.9 Å². The van der Waals surface area contributed by atoms with Crippen molar-refractivity contribution >= 4 is 35.1 Å². The third-order valence-electron chi connectivity index (χ3n) is 4.24. The first kappa shape index (κ1) is 20.6. The number of hydrogen-bond acceptors (Lipinski definition) is 3. The molecule has 29 heavy (non-hydrogen) atoms. The predicted octanol–water partition coefficient (Wildman–Crippen LogP) is 6.41. The topological polar surface area (TPSA) is 50.7 Å². The van der Waals surface area contributed by atoms with Crippen molar-refractivity contribution in [3.05, 3.63) is 88.9 Å². The van der Waals surface area contributed by atoms with Crippen LogP contribution in [0.25, 0.3) is 0 Å². The van der Waals surface area contributed by atoms with Crippen LogP contribution in [0, 0.1) is 0 Å². The van der Waals surface area contributed by atoms with E-state index in [0.717, 1.165) is 34.7 Å². The zero-order valence-electron chi connectivity index (χ0n) is 16.3. The Balaban J connectivity index is 1.66. The molecule has 148 valence electrons. The lowest BCUT2D eigenvalue weighted by Crippen LogP contribution is -2.10. The molecule has 0 atom stereocenters. The normalized spacial score (nSPS) is 10.8. The van der Waals surface area contributed by atoms with Gasteiger partial charge in [0.2, 0.25) is 5.91 Å². The zero-order chi connectivity index (χ0) is 20.5. The van der Waals surface area contributed by atoms with E-state index < -0.39 is 0 Å². The van der Waals surface area contributed by atoms with E-state index in [-0.39, 0.29) is 5.91 Å². The molecule has 0 heterocycles. The van der Waals surface area contributed by atoms with Crippen molar-refractivity contribution < 1.29 is 9.53 Å². The van der Waals surface area contributed by atoms with Gasteiger partial charge in [0.1, 0.15) is 12.4 Å². The highest BCUT2D eigenvalue weighted by molar-refractivity contribution is 6.31. The van der Waals surface area contributed by atoms with Gasteiger partial charge in [-0.3, -0.25) is 9.79 Å². The Morgan fingerprint density at radius 1 is 1.03 bits per heavy atom. The molecular weight excluding hydrogens is 384 g/mol. The van der Waals surface area contributed by atoms with Crippen LogP contribution in [-0.2, 0) is 11.4 Å². The maximum Gasteiger partial charge on any atom is 0.224 e. The van der Waals surface area contributed by atoms with E-state index in [1.165, 1.54) is 0 Å². The van der Waals surface area contributed by atoms with Crippen LogP contribution in [0.15, 0.2) is 77.8 Å². The lowest BCUT2D eigenvalue weighted by atomic mass is 10.2. The van der Waals surface area contributed by atoms with Gasteiger partial charge in [-0.2, -0.15) is 0 Å². The van der Waals surface area contributed by atoms with Gasteiger partial charge in [-0.15, -0.1) is 0 Å². The van der Waals surface area contributed by atoms with Crippen LogP contribution in [-0.4, -0.2) is 12.1 Å². The molecule has 3 aromatic carbocycles. The van der Waals surface area contributed by atoms with E-state index in [4.69, 9.17) is 16.3 Å². The van der Waals surface area contributed by atoms with Gasteiger partial charge in [0.05, 0.1) is 5.69 Å². The largest absolute Gasteiger partial charge is 0.488 e. The minimum atomic E-state index is 0.0216. The van der Waals surface area contributed by atoms with E-state index in [1.54, 1.807) is 6.21 Å². The molecule has 0 unspecified atom stereocenters. The maximum atomic E-state index is 11.7. The SMILES string of the molecule is CCCC(=O)Nc1ccc(N=Cc2ccccc2OCc2ccccc2Cl)cc1. The Morgan fingerprint density at radius 2 is 1.76 bits per heavy atom. The minimum absolute atomic E-state index is 0.0216. The highest BCUT2D eigenvalue weighted by Gasteiger charge is 2.04. The first-order chi connectivity index (χ1) is 14.2. The van der Waals surface area contributed by atoms with Gasteiger partial charge < -0.3 is 10.1 Å².